The van der Waals surface area contributed by atoms with Crippen LogP contribution in [0.4, 0.5) is 10.6 Å². The van der Waals surface area contributed by atoms with Gasteiger partial charge in [-0.1, -0.05) is 0 Å². The predicted octanol–water partition coefficient (Wildman–Crippen LogP) is 0.0522. The van der Waals surface area contributed by atoms with Crippen molar-refractivity contribution in [3.05, 3.63) is 24.8 Å². The van der Waals surface area contributed by atoms with Gasteiger partial charge < -0.3 is 25.3 Å². The van der Waals surface area contributed by atoms with Crippen molar-refractivity contribution in [3.63, 3.8) is 0 Å². The van der Waals surface area contributed by atoms with E-state index in [1.54, 1.807) is 12.4 Å². The fourth-order valence-electron chi connectivity index (χ4n) is 3.61. The van der Waals surface area contributed by atoms with Crippen molar-refractivity contribution in [2.24, 2.45) is 5.73 Å². The van der Waals surface area contributed by atoms with Crippen molar-refractivity contribution in [1.82, 2.24) is 24.6 Å². The van der Waals surface area contributed by atoms with Crippen LogP contribution in [0.25, 0.3) is 5.65 Å². The Hall–Kier alpha value is -2.35. The molecule has 8 nitrogen and oxygen atoms in total. The van der Waals surface area contributed by atoms with Gasteiger partial charge in [0.25, 0.3) is 0 Å². The number of nitrogens with zero attached hydrogens (tertiary/aromatic N) is 5. The molecule has 2 aliphatic rings. The number of nitrogens with two attached hydrogens (primary N) is 1. The number of hydrogen-bond acceptors (Lipinski definition) is 5. The molecule has 23 heavy (non-hydrogen) atoms. The molecule has 0 atom stereocenters. The van der Waals surface area contributed by atoms with Gasteiger partial charge in [0.1, 0.15) is 0 Å². The lowest BCUT2D eigenvalue weighted by atomic mass is 9.88. The number of carbonyl (C=O) groups excluding carboxylic acids is 1. The first-order valence-electron chi connectivity index (χ1n) is 8.01. The minimum Gasteiger partial charge on any atom is -0.353 e. The van der Waals surface area contributed by atoms with Gasteiger partial charge in [0.05, 0.1) is 5.54 Å². The Morgan fingerprint density at radius 1 is 1.22 bits per heavy atom. The van der Waals surface area contributed by atoms with E-state index in [1.165, 1.54) is 0 Å². The normalized spacial score (nSPS) is 20.5. The highest BCUT2D eigenvalue weighted by Crippen LogP contribution is 2.30. The van der Waals surface area contributed by atoms with Crippen molar-refractivity contribution in [2.45, 2.75) is 18.4 Å². The van der Waals surface area contributed by atoms with Gasteiger partial charge in [0.2, 0.25) is 0 Å². The van der Waals surface area contributed by atoms with E-state index in [0.717, 1.165) is 43.9 Å². The third kappa shape index (κ3) is 2.39. The molecule has 3 N–H and O–H groups in total. The minimum atomic E-state index is -0.122. The fraction of sp³-hybridized carbons (Fsp3) is 0.533. The molecule has 2 fully saturated rings. The molecule has 0 bridgehead atoms. The Balaban J connectivity index is 1.49. The largest absolute Gasteiger partial charge is 0.353 e. The van der Waals surface area contributed by atoms with Crippen LogP contribution < -0.4 is 16.0 Å². The van der Waals surface area contributed by atoms with E-state index in [4.69, 9.17) is 5.73 Å². The third-order valence-electron chi connectivity index (χ3n) is 4.86. The van der Waals surface area contributed by atoms with Gasteiger partial charge in [-0.2, -0.15) is 0 Å². The van der Waals surface area contributed by atoms with Gasteiger partial charge in [-0.15, -0.1) is 0 Å². The van der Waals surface area contributed by atoms with Crippen LogP contribution in [0.5, 0.6) is 0 Å². The SMILES string of the molecule is NCCN1CC2(CCN(c3nccn4ccnc34)CC2)NC1=O. The first-order chi connectivity index (χ1) is 11.2. The van der Waals surface area contributed by atoms with Gasteiger partial charge in [0.15, 0.2) is 11.5 Å². The molecular formula is C15H21N7O. The van der Waals surface area contributed by atoms with Crippen LogP contribution >= 0.6 is 0 Å². The van der Waals surface area contributed by atoms with Crippen molar-refractivity contribution in [1.29, 1.82) is 0 Å². The van der Waals surface area contributed by atoms with E-state index in [0.29, 0.717) is 13.1 Å². The van der Waals surface area contributed by atoms with E-state index >= 15 is 0 Å². The van der Waals surface area contributed by atoms with Crippen LogP contribution in [0, 0.1) is 0 Å². The van der Waals surface area contributed by atoms with Gasteiger partial charge in [0, 0.05) is 57.5 Å². The maximum atomic E-state index is 12.0. The van der Waals surface area contributed by atoms with Gasteiger partial charge in [-0.05, 0) is 12.8 Å². The zero-order valence-corrected chi connectivity index (χ0v) is 13.0. The average molecular weight is 315 g/mol. The number of aromatic nitrogens is 3. The number of imidazole rings is 1. The monoisotopic (exact) mass is 315 g/mol. The summed E-state index contributed by atoms with van der Waals surface area (Å²) in [4.78, 5) is 25.0. The highest BCUT2D eigenvalue weighted by atomic mass is 16.2. The first kappa shape index (κ1) is 14.3. The number of fused-ring (bicyclic) bond motifs is 1. The van der Waals surface area contributed by atoms with Crippen molar-refractivity contribution in [3.8, 4) is 0 Å². The second-order valence-corrected chi connectivity index (χ2v) is 6.32. The number of rotatable bonds is 3. The number of nitrogens with one attached hydrogen (secondary N) is 1. The molecule has 0 unspecified atom stereocenters. The Labute approximate surface area is 134 Å². The van der Waals surface area contributed by atoms with E-state index in [2.05, 4.69) is 20.2 Å². The topological polar surface area (TPSA) is 91.8 Å². The number of piperidine rings is 1. The molecule has 2 aromatic rings. The Morgan fingerprint density at radius 2 is 1.96 bits per heavy atom. The van der Waals surface area contributed by atoms with Crippen molar-refractivity contribution in [2.75, 3.05) is 37.6 Å². The quantitative estimate of drug-likeness (QED) is 0.835. The summed E-state index contributed by atoms with van der Waals surface area (Å²) in [7, 11) is 0. The summed E-state index contributed by atoms with van der Waals surface area (Å²) in [5.74, 6) is 0.912. The van der Waals surface area contributed by atoms with Gasteiger partial charge in [-0.25, -0.2) is 14.8 Å². The average Bonchev–Trinajstić information content (AvgIpc) is 3.14. The van der Waals surface area contributed by atoms with E-state index < -0.39 is 0 Å². The van der Waals surface area contributed by atoms with E-state index in [-0.39, 0.29) is 11.6 Å². The fourth-order valence-corrected chi connectivity index (χ4v) is 3.61. The lowest BCUT2D eigenvalue weighted by molar-refractivity contribution is 0.218. The zero-order chi connectivity index (χ0) is 15.9. The number of carbonyl (C=O) groups is 1. The number of amides is 2. The summed E-state index contributed by atoms with van der Waals surface area (Å²) in [5, 5.41) is 3.17. The molecular weight excluding hydrogens is 294 g/mol. The molecule has 0 saturated carbocycles. The molecule has 4 heterocycles. The highest BCUT2D eigenvalue weighted by molar-refractivity contribution is 5.78. The summed E-state index contributed by atoms with van der Waals surface area (Å²) < 4.78 is 1.98. The van der Waals surface area contributed by atoms with E-state index in [9.17, 15) is 4.79 Å². The van der Waals surface area contributed by atoms with Crippen LogP contribution in [0.15, 0.2) is 24.8 Å². The van der Waals surface area contributed by atoms with Gasteiger partial charge in [-0.3, -0.25) is 0 Å². The first-order valence-corrected chi connectivity index (χ1v) is 8.01. The zero-order valence-electron chi connectivity index (χ0n) is 13.0. The molecule has 122 valence electrons. The maximum Gasteiger partial charge on any atom is 0.318 e. The van der Waals surface area contributed by atoms with Crippen LogP contribution in [0.2, 0.25) is 0 Å². The number of urea groups is 1. The Kier molecular flexibility index (Phi) is 3.33. The molecule has 2 amide bonds. The van der Waals surface area contributed by atoms with Crippen LogP contribution in [0.3, 0.4) is 0 Å². The summed E-state index contributed by atoms with van der Waals surface area (Å²) in [6, 6.07) is 0.0115. The standard InChI is InChI=1S/C15H21N7O/c16-3-8-22-11-15(19-14(22)23)1-6-20(7-2-15)12-13-18-5-10-21(13)9-4-17-12/h4-5,9-10H,1-3,6-8,11,16H2,(H,19,23). The molecule has 0 aliphatic carbocycles. The lowest BCUT2D eigenvalue weighted by Crippen LogP contribution is -2.52. The number of hydrogen-bond donors (Lipinski definition) is 2. The molecule has 0 aromatic carbocycles. The second-order valence-electron chi connectivity index (χ2n) is 6.32. The molecule has 2 saturated heterocycles. The summed E-state index contributed by atoms with van der Waals surface area (Å²) >= 11 is 0. The minimum absolute atomic E-state index is 0.0115. The molecule has 0 radical (unpaired) electrons. The van der Waals surface area contributed by atoms with Crippen LogP contribution in [-0.4, -0.2) is 63.6 Å². The molecule has 1 spiro atoms. The van der Waals surface area contributed by atoms with Crippen molar-refractivity contribution >= 4 is 17.5 Å². The van der Waals surface area contributed by atoms with E-state index in [1.807, 2.05) is 21.7 Å². The maximum absolute atomic E-state index is 12.0. The molecule has 8 heteroatoms. The van der Waals surface area contributed by atoms with Gasteiger partial charge >= 0.3 is 6.03 Å². The summed E-state index contributed by atoms with van der Waals surface area (Å²) in [6.45, 7) is 3.58. The third-order valence-corrected chi connectivity index (χ3v) is 4.86. The molecule has 2 aromatic heterocycles. The Bertz CT molecular complexity index is 719. The number of anilines is 1. The van der Waals surface area contributed by atoms with Crippen LogP contribution in [-0.2, 0) is 0 Å². The predicted molar refractivity (Wildman–Crippen MR) is 86.3 cm³/mol. The molecule has 2 aliphatic heterocycles. The van der Waals surface area contributed by atoms with Crippen LogP contribution in [0.1, 0.15) is 12.8 Å². The highest BCUT2D eigenvalue weighted by Gasteiger charge is 2.44. The lowest BCUT2D eigenvalue weighted by Gasteiger charge is -2.39. The van der Waals surface area contributed by atoms with Crippen molar-refractivity contribution < 1.29 is 4.79 Å². The molecule has 4 rings (SSSR count). The summed E-state index contributed by atoms with van der Waals surface area (Å²) in [5.41, 5.74) is 6.34. The summed E-state index contributed by atoms with van der Waals surface area (Å²) in [6.07, 6.45) is 9.22. The Morgan fingerprint density at radius 3 is 2.70 bits per heavy atom. The second kappa shape index (κ2) is 5.38. The smallest absolute Gasteiger partial charge is 0.318 e.